The zero-order chi connectivity index (χ0) is 25.7. The van der Waals surface area contributed by atoms with Crippen molar-refractivity contribution in [2.24, 2.45) is 0 Å². The fourth-order valence-electron chi connectivity index (χ4n) is 3.44. The van der Waals surface area contributed by atoms with Crippen LogP contribution in [-0.4, -0.2) is 23.9 Å². The van der Waals surface area contributed by atoms with Gasteiger partial charge in [0.25, 0.3) is 15.9 Å². The van der Waals surface area contributed by atoms with E-state index in [1.54, 1.807) is 42.5 Å². The van der Waals surface area contributed by atoms with E-state index in [0.717, 1.165) is 27.5 Å². The number of benzene rings is 2. The summed E-state index contributed by atoms with van der Waals surface area (Å²) in [5, 5.41) is 3.73. The molecule has 0 saturated carbocycles. The van der Waals surface area contributed by atoms with E-state index in [4.69, 9.17) is 23.2 Å². The van der Waals surface area contributed by atoms with Gasteiger partial charge in [-0.3, -0.25) is 4.79 Å². The number of imidazole rings is 1. The van der Waals surface area contributed by atoms with Gasteiger partial charge in [0, 0.05) is 16.0 Å². The van der Waals surface area contributed by atoms with Crippen molar-refractivity contribution in [2.45, 2.75) is 13.5 Å². The van der Waals surface area contributed by atoms with Crippen LogP contribution in [0.5, 0.6) is 0 Å². The first-order chi connectivity index (χ1) is 17.2. The molecule has 0 aliphatic rings. The smallest absolute Gasteiger partial charge is 0.257 e. The summed E-state index contributed by atoms with van der Waals surface area (Å²) in [4.78, 5) is 17.7. The molecule has 1 amide bonds. The van der Waals surface area contributed by atoms with E-state index in [1.165, 1.54) is 12.2 Å². The minimum Gasteiger partial charge on any atom is -0.323 e. The number of halogens is 2. The molecule has 4 rings (SSSR count). The van der Waals surface area contributed by atoms with Crippen molar-refractivity contribution in [3.05, 3.63) is 110 Å². The molecule has 2 aromatic heterocycles. The molecule has 0 aliphatic heterocycles. The van der Waals surface area contributed by atoms with E-state index in [-0.39, 0.29) is 5.15 Å². The maximum atomic E-state index is 12.3. The van der Waals surface area contributed by atoms with Crippen LogP contribution in [0.25, 0.3) is 22.6 Å². The van der Waals surface area contributed by atoms with Crippen molar-refractivity contribution >= 4 is 62.6 Å². The molecule has 0 radical (unpaired) electrons. The van der Waals surface area contributed by atoms with Crippen LogP contribution < -0.4 is 4.72 Å². The summed E-state index contributed by atoms with van der Waals surface area (Å²) < 4.78 is 28.3. The zero-order valence-corrected chi connectivity index (χ0v) is 22.2. The van der Waals surface area contributed by atoms with Crippen molar-refractivity contribution < 1.29 is 13.2 Å². The lowest BCUT2D eigenvalue weighted by Crippen LogP contribution is -2.26. The van der Waals surface area contributed by atoms with E-state index in [2.05, 4.69) is 4.98 Å². The third kappa shape index (κ3) is 6.53. The number of hydrogen-bond donors (Lipinski definition) is 1. The minimum absolute atomic E-state index is 0.190. The third-order valence-electron chi connectivity index (χ3n) is 5.21. The lowest BCUT2D eigenvalue weighted by atomic mass is 10.1. The van der Waals surface area contributed by atoms with Gasteiger partial charge in [0.05, 0.1) is 17.6 Å². The van der Waals surface area contributed by atoms with E-state index in [1.807, 2.05) is 51.1 Å². The van der Waals surface area contributed by atoms with Gasteiger partial charge < -0.3 is 4.57 Å². The number of carbonyl (C=O) groups excluding carboxylic acids is 1. The highest BCUT2D eigenvalue weighted by atomic mass is 35.5. The molecular formula is C26H21Cl2N3O3S2. The average Bonchev–Trinajstić information content (AvgIpc) is 3.47. The number of nitrogens with zero attached hydrogens (tertiary/aromatic N) is 2. The molecule has 0 unspecified atom stereocenters. The van der Waals surface area contributed by atoms with Gasteiger partial charge in [-0.2, -0.15) is 0 Å². The number of nitrogens with one attached hydrogen (secondary N) is 1. The molecule has 184 valence electrons. The molecule has 6 nitrogen and oxygen atoms in total. The Morgan fingerprint density at radius 2 is 1.86 bits per heavy atom. The monoisotopic (exact) mass is 557 g/mol. The van der Waals surface area contributed by atoms with Gasteiger partial charge in [0.15, 0.2) is 5.15 Å². The van der Waals surface area contributed by atoms with Crippen molar-refractivity contribution in [3.8, 4) is 10.4 Å². The molecule has 0 spiro atoms. The fraction of sp³-hybridized carbons (Fsp3) is 0.0769. The summed E-state index contributed by atoms with van der Waals surface area (Å²) in [6, 6.07) is 18.8. The summed E-state index contributed by atoms with van der Waals surface area (Å²) in [7, 11) is -3.98. The highest BCUT2D eigenvalue weighted by Crippen LogP contribution is 2.30. The van der Waals surface area contributed by atoms with Gasteiger partial charge in [-0.15, -0.1) is 11.3 Å². The van der Waals surface area contributed by atoms with Crippen LogP contribution in [0.2, 0.25) is 10.2 Å². The first-order valence-corrected chi connectivity index (χ1v) is 13.9. The number of rotatable bonds is 8. The second-order valence-corrected chi connectivity index (χ2v) is 11.0. The Kier molecular flexibility index (Phi) is 8.11. The quantitative estimate of drug-likeness (QED) is 0.254. The molecule has 2 heterocycles. The van der Waals surface area contributed by atoms with Gasteiger partial charge in [0.2, 0.25) is 0 Å². The van der Waals surface area contributed by atoms with Crippen LogP contribution in [0.15, 0.2) is 77.5 Å². The fourth-order valence-corrected chi connectivity index (χ4v) is 5.45. The van der Waals surface area contributed by atoms with Crippen LogP contribution in [-0.2, 0) is 21.4 Å². The summed E-state index contributed by atoms with van der Waals surface area (Å²) >= 11 is 14.5. The maximum absolute atomic E-state index is 12.3. The Bertz CT molecular complexity index is 1540. The predicted molar refractivity (Wildman–Crippen MR) is 147 cm³/mol. The van der Waals surface area contributed by atoms with Gasteiger partial charge in [-0.25, -0.2) is 18.1 Å². The van der Waals surface area contributed by atoms with E-state index >= 15 is 0 Å². The molecule has 1 N–H and O–H groups in total. The first-order valence-electron chi connectivity index (χ1n) is 10.7. The Balaban J connectivity index is 1.49. The molecule has 0 bridgehead atoms. The summed E-state index contributed by atoms with van der Waals surface area (Å²) in [5.74, 6) is -0.190. The molecule has 0 fully saturated rings. The van der Waals surface area contributed by atoms with Crippen molar-refractivity contribution in [3.63, 3.8) is 0 Å². The standard InChI is InChI=1S/C26H21Cl2N3O3S2/c1-18-29-26(28)23(11-12-25(32)30-36(33,34)15-13-19-6-3-2-4-7-19)31(18)17-21-10-9-20(16-22(21)27)24-8-5-14-35-24/h2-16H,17H2,1H3,(H,30,32)/b12-11+,15-13?. The molecule has 0 aliphatic carbocycles. The van der Waals surface area contributed by atoms with Gasteiger partial charge in [0.1, 0.15) is 5.82 Å². The van der Waals surface area contributed by atoms with Crippen LogP contribution in [0.1, 0.15) is 22.6 Å². The van der Waals surface area contributed by atoms with Gasteiger partial charge in [-0.05, 0) is 53.3 Å². The van der Waals surface area contributed by atoms with Gasteiger partial charge in [-0.1, -0.05) is 71.7 Å². The SMILES string of the molecule is Cc1nc(Cl)c(/C=C/C(=O)NS(=O)(=O)C=Cc2ccccc2)n1Cc1ccc(-c2cccs2)cc1Cl. The van der Waals surface area contributed by atoms with Crippen molar-refractivity contribution in [1.82, 2.24) is 14.3 Å². The molecule has 0 saturated heterocycles. The lowest BCUT2D eigenvalue weighted by molar-refractivity contribution is -0.114. The normalized spacial score (nSPS) is 12.0. The number of aryl methyl sites for hydroxylation is 1. The molecular weight excluding hydrogens is 537 g/mol. The number of hydrogen-bond acceptors (Lipinski definition) is 5. The van der Waals surface area contributed by atoms with Crippen molar-refractivity contribution in [1.29, 1.82) is 0 Å². The Hall–Kier alpha value is -3.17. The molecule has 4 aromatic rings. The summed E-state index contributed by atoms with van der Waals surface area (Å²) in [6.45, 7) is 2.16. The number of amides is 1. The van der Waals surface area contributed by atoms with Crippen molar-refractivity contribution in [2.75, 3.05) is 0 Å². The topological polar surface area (TPSA) is 81.1 Å². The summed E-state index contributed by atoms with van der Waals surface area (Å²) in [6.07, 6.45) is 3.94. The second kappa shape index (κ2) is 11.3. The number of carbonyl (C=O) groups is 1. The number of sulfonamides is 1. The number of thiophene rings is 1. The van der Waals surface area contributed by atoms with Crippen LogP contribution in [0.4, 0.5) is 0 Å². The zero-order valence-electron chi connectivity index (χ0n) is 19.1. The van der Waals surface area contributed by atoms with E-state index in [9.17, 15) is 13.2 Å². The largest absolute Gasteiger partial charge is 0.323 e. The molecule has 0 atom stereocenters. The minimum atomic E-state index is -3.98. The second-order valence-electron chi connectivity index (χ2n) is 7.76. The van der Waals surface area contributed by atoms with Crippen LogP contribution in [0.3, 0.4) is 0 Å². The Morgan fingerprint density at radius 3 is 2.56 bits per heavy atom. The third-order valence-corrected chi connectivity index (χ3v) is 7.74. The van der Waals surface area contributed by atoms with Crippen LogP contribution in [0, 0.1) is 6.92 Å². The highest BCUT2D eigenvalue weighted by Gasteiger charge is 2.15. The maximum Gasteiger partial charge on any atom is 0.257 e. The predicted octanol–water partition coefficient (Wildman–Crippen LogP) is 6.41. The molecule has 2 aromatic carbocycles. The Morgan fingerprint density at radius 1 is 1.08 bits per heavy atom. The Labute approximate surface area is 223 Å². The van der Waals surface area contributed by atoms with Gasteiger partial charge >= 0.3 is 0 Å². The number of aromatic nitrogens is 2. The van der Waals surface area contributed by atoms with E-state index in [0.29, 0.717) is 28.6 Å². The van der Waals surface area contributed by atoms with E-state index < -0.39 is 15.9 Å². The molecule has 36 heavy (non-hydrogen) atoms. The lowest BCUT2D eigenvalue weighted by Gasteiger charge is -2.11. The average molecular weight is 559 g/mol. The van der Waals surface area contributed by atoms with Crippen LogP contribution >= 0.6 is 34.5 Å². The molecule has 10 heteroatoms. The first kappa shape index (κ1) is 25.9. The highest BCUT2D eigenvalue weighted by molar-refractivity contribution is 7.93. The summed E-state index contributed by atoms with van der Waals surface area (Å²) in [5.41, 5.74) is 3.03.